The molecule has 1 fully saturated rings. The van der Waals surface area contributed by atoms with Crippen LogP contribution < -0.4 is 5.32 Å². The molecule has 1 spiro atoms. The molecule has 3 nitrogen and oxygen atoms in total. The minimum atomic E-state index is 0.364. The van der Waals surface area contributed by atoms with E-state index in [0.29, 0.717) is 11.5 Å². The van der Waals surface area contributed by atoms with Gasteiger partial charge in [0.1, 0.15) is 0 Å². The fraction of sp³-hybridized carbons (Fsp3) is 0.545. The summed E-state index contributed by atoms with van der Waals surface area (Å²) in [5, 5.41) is 3.86. The van der Waals surface area contributed by atoms with Gasteiger partial charge in [0.2, 0.25) is 0 Å². The van der Waals surface area contributed by atoms with Gasteiger partial charge in [-0.1, -0.05) is 24.3 Å². The summed E-state index contributed by atoms with van der Waals surface area (Å²) in [6, 6.07) is 14.1. The van der Waals surface area contributed by atoms with Crippen LogP contribution >= 0.6 is 11.3 Å². The number of likely N-dealkylation sites (tertiary alicyclic amines) is 1. The number of hydrogen-bond donors (Lipinski definition) is 1. The fourth-order valence-corrected chi connectivity index (χ4v) is 5.62. The molecular formula is C22H30N2OS. The SMILES string of the molecule is COCCN1CCC2(CC1)CC(NCc1ccc(C)s1)c1ccccc12. The molecule has 0 radical (unpaired) electrons. The second-order valence-corrected chi connectivity index (χ2v) is 9.22. The van der Waals surface area contributed by atoms with Crippen molar-refractivity contribution in [2.45, 2.75) is 44.2 Å². The first kappa shape index (κ1) is 18.2. The quantitative estimate of drug-likeness (QED) is 0.822. The maximum absolute atomic E-state index is 5.26. The van der Waals surface area contributed by atoms with Gasteiger partial charge >= 0.3 is 0 Å². The van der Waals surface area contributed by atoms with Gasteiger partial charge in [-0.05, 0) is 68.0 Å². The molecule has 1 aromatic heterocycles. The van der Waals surface area contributed by atoms with E-state index in [0.717, 1.165) is 19.7 Å². The minimum absolute atomic E-state index is 0.364. The highest BCUT2D eigenvalue weighted by Gasteiger charge is 2.44. The molecule has 1 aliphatic carbocycles. The Kier molecular flexibility index (Phi) is 5.46. The first-order valence-electron chi connectivity index (χ1n) is 9.80. The smallest absolute Gasteiger partial charge is 0.0589 e. The number of fused-ring (bicyclic) bond motifs is 2. The van der Waals surface area contributed by atoms with Crippen molar-refractivity contribution in [3.63, 3.8) is 0 Å². The van der Waals surface area contributed by atoms with Crippen molar-refractivity contribution in [2.24, 2.45) is 0 Å². The van der Waals surface area contributed by atoms with Crippen LogP contribution in [0.25, 0.3) is 0 Å². The third-order valence-electron chi connectivity index (χ3n) is 6.25. The maximum Gasteiger partial charge on any atom is 0.0589 e. The van der Waals surface area contributed by atoms with Gasteiger partial charge in [-0.3, -0.25) is 0 Å². The Balaban J connectivity index is 1.46. The van der Waals surface area contributed by atoms with Crippen molar-refractivity contribution in [3.05, 3.63) is 57.3 Å². The topological polar surface area (TPSA) is 24.5 Å². The lowest BCUT2D eigenvalue weighted by molar-refractivity contribution is 0.107. The van der Waals surface area contributed by atoms with Gasteiger partial charge in [-0.25, -0.2) is 0 Å². The summed E-state index contributed by atoms with van der Waals surface area (Å²) < 4.78 is 5.26. The van der Waals surface area contributed by atoms with Crippen molar-refractivity contribution in [1.29, 1.82) is 0 Å². The maximum atomic E-state index is 5.26. The lowest BCUT2D eigenvalue weighted by Gasteiger charge is -2.40. The van der Waals surface area contributed by atoms with Crippen LogP contribution in [0, 0.1) is 6.92 Å². The average Bonchev–Trinajstić information content (AvgIpc) is 3.22. The summed E-state index contributed by atoms with van der Waals surface area (Å²) in [7, 11) is 1.80. The van der Waals surface area contributed by atoms with Crippen LogP contribution in [-0.2, 0) is 16.7 Å². The molecular weight excluding hydrogens is 340 g/mol. The third-order valence-corrected chi connectivity index (χ3v) is 7.25. The largest absolute Gasteiger partial charge is 0.383 e. The molecule has 1 saturated heterocycles. The van der Waals surface area contributed by atoms with Crippen LogP contribution in [0.4, 0.5) is 0 Å². The van der Waals surface area contributed by atoms with Gasteiger partial charge in [0, 0.05) is 36.0 Å². The first-order chi connectivity index (χ1) is 12.7. The Morgan fingerprint density at radius 1 is 1.19 bits per heavy atom. The predicted molar refractivity (Wildman–Crippen MR) is 109 cm³/mol. The van der Waals surface area contributed by atoms with E-state index in [1.54, 1.807) is 12.7 Å². The number of nitrogens with one attached hydrogen (secondary N) is 1. The number of methoxy groups -OCH3 is 1. The number of aryl methyl sites for hydroxylation is 1. The van der Waals surface area contributed by atoms with Gasteiger partial charge in [-0.2, -0.15) is 0 Å². The molecule has 1 unspecified atom stereocenters. The molecule has 2 heterocycles. The monoisotopic (exact) mass is 370 g/mol. The molecule has 140 valence electrons. The zero-order valence-electron chi connectivity index (χ0n) is 16.0. The van der Waals surface area contributed by atoms with Crippen LogP contribution in [0.2, 0.25) is 0 Å². The zero-order valence-corrected chi connectivity index (χ0v) is 16.8. The highest BCUT2D eigenvalue weighted by Crippen LogP contribution is 2.50. The van der Waals surface area contributed by atoms with Crippen LogP contribution in [0.15, 0.2) is 36.4 Å². The van der Waals surface area contributed by atoms with Crippen LogP contribution in [0.1, 0.15) is 46.2 Å². The Morgan fingerprint density at radius 3 is 2.73 bits per heavy atom. The van der Waals surface area contributed by atoms with Gasteiger partial charge < -0.3 is 15.0 Å². The molecule has 1 atom stereocenters. The lowest BCUT2D eigenvalue weighted by atomic mass is 9.73. The van der Waals surface area contributed by atoms with Gasteiger partial charge in [-0.15, -0.1) is 11.3 Å². The minimum Gasteiger partial charge on any atom is -0.383 e. The molecule has 0 amide bonds. The molecule has 2 aromatic rings. The Bertz CT molecular complexity index is 733. The molecule has 4 heteroatoms. The predicted octanol–water partition coefficient (Wildman–Crippen LogP) is 4.27. The Hall–Kier alpha value is -1.20. The van der Waals surface area contributed by atoms with E-state index in [2.05, 4.69) is 53.5 Å². The lowest BCUT2D eigenvalue weighted by Crippen LogP contribution is -2.43. The number of thiophene rings is 1. The summed E-state index contributed by atoms with van der Waals surface area (Å²) in [5.74, 6) is 0. The van der Waals surface area contributed by atoms with Crippen molar-refractivity contribution in [2.75, 3.05) is 33.4 Å². The van der Waals surface area contributed by atoms with Crippen LogP contribution in [0.5, 0.6) is 0 Å². The summed E-state index contributed by atoms with van der Waals surface area (Å²) in [6.45, 7) is 7.45. The van der Waals surface area contributed by atoms with E-state index < -0.39 is 0 Å². The molecule has 0 bridgehead atoms. The number of piperidine rings is 1. The second kappa shape index (κ2) is 7.81. The van der Waals surface area contributed by atoms with E-state index >= 15 is 0 Å². The van der Waals surface area contributed by atoms with Gasteiger partial charge in [0.15, 0.2) is 0 Å². The zero-order chi connectivity index (χ0) is 18.0. The van der Waals surface area contributed by atoms with E-state index in [-0.39, 0.29) is 0 Å². The number of benzene rings is 1. The van der Waals surface area contributed by atoms with Gasteiger partial charge in [0.05, 0.1) is 6.61 Å². The van der Waals surface area contributed by atoms with E-state index in [1.165, 1.54) is 47.7 Å². The van der Waals surface area contributed by atoms with E-state index in [1.807, 2.05) is 11.3 Å². The highest BCUT2D eigenvalue weighted by molar-refractivity contribution is 7.11. The normalized spacial score (nSPS) is 22.0. The van der Waals surface area contributed by atoms with E-state index in [9.17, 15) is 0 Å². The summed E-state index contributed by atoms with van der Waals surface area (Å²) in [6.07, 6.45) is 3.78. The number of hydrogen-bond acceptors (Lipinski definition) is 4. The molecule has 26 heavy (non-hydrogen) atoms. The number of nitrogens with zero attached hydrogens (tertiary/aromatic N) is 1. The molecule has 4 rings (SSSR count). The van der Waals surface area contributed by atoms with Crippen molar-refractivity contribution in [3.8, 4) is 0 Å². The number of rotatable bonds is 6. The third kappa shape index (κ3) is 3.61. The highest BCUT2D eigenvalue weighted by atomic mass is 32.1. The average molecular weight is 371 g/mol. The second-order valence-electron chi connectivity index (χ2n) is 7.85. The van der Waals surface area contributed by atoms with Crippen LogP contribution in [0.3, 0.4) is 0 Å². The van der Waals surface area contributed by atoms with Crippen molar-refractivity contribution >= 4 is 11.3 Å². The molecule has 1 aliphatic heterocycles. The van der Waals surface area contributed by atoms with E-state index in [4.69, 9.17) is 4.74 Å². The van der Waals surface area contributed by atoms with Crippen LogP contribution in [-0.4, -0.2) is 38.3 Å². The standard InChI is InChI=1S/C22H30N2OS/c1-17-7-8-18(26-17)16-23-21-15-22(20-6-4-3-5-19(20)21)9-11-24(12-10-22)13-14-25-2/h3-8,21,23H,9-16H2,1-2H3. The first-order valence-corrected chi connectivity index (χ1v) is 10.6. The molecule has 0 saturated carbocycles. The summed E-state index contributed by atoms with van der Waals surface area (Å²) in [5.41, 5.74) is 3.50. The molecule has 1 aromatic carbocycles. The fourth-order valence-electron chi connectivity index (χ4n) is 4.78. The summed E-state index contributed by atoms with van der Waals surface area (Å²) >= 11 is 1.91. The van der Waals surface area contributed by atoms with Crippen molar-refractivity contribution < 1.29 is 4.74 Å². The van der Waals surface area contributed by atoms with Crippen molar-refractivity contribution in [1.82, 2.24) is 10.2 Å². The molecule has 2 aliphatic rings. The molecule has 1 N–H and O–H groups in total. The van der Waals surface area contributed by atoms with Gasteiger partial charge in [0.25, 0.3) is 0 Å². The number of ether oxygens (including phenoxy) is 1. The summed E-state index contributed by atoms with van der Waals surface area (Å²) in [4.78, 5) is 5.40. The Labute approximate surface area is 161 Å². The Morgan fingerprint density at radius 2 is 2.00 bits per heavy atom.